The van der Waals surface area contributed by atoms with Gasteiger partial charge < -0.3 is 9.47 Å². The van der Waals surface area contributed by atoms with E-state index < -0.39 is 0 Å². The molecule has 3 fully saturated rings. The van der Waals surface area contributed by atoms with Gasteiger partial charge in [-0.25, -0.2) is 0 Å². The summed E-state index contributed by atoms with van der Waals surface area (Å²) in [5.74, 6) is 1.99. The van der Waals surface area contributed by atoms with Crippen LogP contribution in [0.4, 0.5) is 0 Å². The molecule has 1 aliphatic heterocycles. The monoisotopic (exact) mass is 520 g/mol. The van der Waals surface area contributed by atoms with Crippen molar-refractivity contribution < 1.29 is 19.1 Å². The van der Waals surface area contributed by atoms with Gasteiger partial charge in [-0.1, -0.05) is 40.2 Å². The van der Waals surface area contributed by atoms with E-state index in [-0.39, 0.29) is 35.5 Å². The average Bonchev–Trinajstić information content (AvgIpc) is 3.63. The molecule has 0 N–H and O–H groups in total. The fourth-order valence-electron chi connectivity index (χ4n) is 5.91. The summed E-state index contributed by atoms with van der Waals surface area (Å²) in [6.45, 7) is 2.81. The Morgan fingerprint density at radius 3 is 2.29 bits per heavy atom. The number of ether oxygens (including phenoxy) is 2. The Hall–Kier alpha value is -2.93. The van der Waals surface area contributed by atoms with Crippen molar-refractivity contribution >= 4 is 34.0 Å². The number of rotatable bonds is 7. The molecule has 6 atom stereocenters. The van der Waals surface area contributed by atoms with Gasteiger partial charge in [0, 0.05) is 4.47 Å². The molecule has 2 bridgehead atoms. The van der Waals surface area contributed by atoms with E-state index in [1.54, 1.807) is 6.21 Å². The van der Waals surface area contributed by atoms with E-state index in [1.807, 2.05) is 49.4 Å². The SMILES string of the molecule is CCOc1cc(/C=N\N2C(=O)[C@@H]3[C@H]4C=C[C@@H]([C@@H]5C[C@@H]45)[C@H]3C2=O)ccc1OCc1ccc(Br)cc1. The standard InChI is InChI=1S/C27H25BrN2O4/c1-2-33-23-11-16(5-10-22(23)34-14-15-3-6-17(28)7-4-15)13-29-30-26(31)24-18-8-9-19(21-12-20(18)21)25(24)27(30)32/h3-11,13,18-21,24-25H,2,12,14H2,1H3/b29-13-/t18-,19-,20-,21-,24+,25+/m0/s1. The number of carbonyl (C=O) groups is 2. The second-order valence-corrected chi connectivity index (χ2v) is 10.4. The van der Waals surface area contributed by atoms with Gasteiger partial charge in [-0.2, -0.15) is 10.1 Å². The number of nitrogens with zero attached hydrogens (tertiary/aromatic N) is 2. The van der Waals surface area contributed by atoms with Gasteiger partial charge in [0.2, 0.25) is 0 Å². The van der Waals surface area contributed by atoms with Crippen LogP contribution in [-0.4, -0.2) is 29.6 Å². The molecule has 0 aromatic heterocycles. The molecule has 34 heavy (non-hydrogen) atoms. The highest BCUT2D eigenvalue weighted by Gasteiger charge is 2.67. The average molecular weight is 521 g/mol. The van der Waals surface area contributed by atoms with Crippen molar-refractivity contribution in [2.75, 3.05) is 6.61 Å². The summed E-state index contributed by atoms with van der Waals surface area (Å²) in [5, 5.41) is 5.43. The Balaban J connectivity index is 1.18. The van der Waals surface area contributed by atoms with E-state index in [9.17, 15) is 9.59 Å². The molecule has 2 saturated carbocycles. The number of benzene rings is 2. The van der Waals surface area contributed by atoms with Crippen LogP contribution in [0.3, 0.4) is 0 Å². The zero-order valence-electron chi connectivity index (χ0n) is 18.8. The topological polar surface area (TPSA) is 68.2 Å². The van der Waals surface area contributed by atoms with Crippen LogP contribution in [0.25, 0.3) is 0 Å². The van der Waals surface area contributed by atoms with Crippen LogP contribution in [0, 0.1) is 35.5 Å². The summed E-state index contributed by atoms with van der Waals surface area (Å²) < 4.78 is 12.8. The Morgan fingerprint density at radius 1 is 0.971 bits per heavy atom. The number of amides is 2. The minimum Gasteiger partial charge on any atom is -0.490 e. The largest absolute Gasteiger partial charge is 0.490 e. The van der Waals surface area contributed by atoms with E-state index in [2.05, 4.69) is 33.2 Å². The molecule has 0 radical (unpaired) electrons. The summed E-state index contributed by atoms with van der Waals surface area (Å²) in [7, 11) is 0. The highest BCUT2D eigenvalue weighted by atomic mass is 79.9. The van der Waals surface area contributed by atoms with E-state index in [0.29, 0.717) is 36.5 Å². The van der Waals surface area contributed by atoms with Crippen LogP contribution in [0.1, 0.15) is 24.5 Å². The summed E-state index contributed by atoms with van der Waals surface area (Å²) in [4.78, 5) is 26.2. The number of imide groups is 1. The Bertz CT molecular complexity index is 1170. The summed E-state index contributed by atoms with van der Waals surface area (Å²) in [5.41, 5.74) is 1.78. The van der Waals surface area contributed by atoms with Crippen LogP contribution in [0.15, 0.2) is 64.2 Å². The highest BCUT2D eigenvalue weighted by molar-refractivity contribution is 9.10. The van der Waals surface area contributed by atoms with Gasteiger partial charge in [0.1, 0.15) is 6.61 Å². The smallest absolute Gasteiger partial charge is 0.254 e. The van der Waals surface area contributed by atoms with Crippen molar-refractivity contribution in [3.8, 4) is 11.5 Å². The number of allylic oxidation sites excluding steroid dienone is 2. The third-order valence-corrected chi connectivity index (χ3v) is 8.07. The quantitative estimate of drug-likeness (QED) is 0.298. The summed E-state index contributed by atoms with van der Waals surface area (Å²) in [6, 6.07) is 13.4. The van der Waals surface area contributed by atoms with Crippen molar-refractivity contribution in [1.29, 1.82) is 0 Å². The number of halogens is 1. The summed E-state index contributed by atoms with van der Waals surface area (Å²) in [6.07, 6.45) is 7.04. The number of hydrogen-bond acceptors (Lipinski definition) is 5. The maximum atomic E-state index is 13.1. The van der Waals surface area contributed by atoms with Gasteiger partial charge in [-0.3, -0.25) is 9.59 Å². The fourth-order valence-corrected chi connectivity index (χ4v) is 6.18. The Morgan fingerprint density at radius 2 is 1.65 bits per heavy atom. The zero-order valence-corrected chi connectivity index (χ0v) is 20.4. The molecular weight excluding hydrogens is 496 g/mol. The minimum atomic E-state index is -0.239. The zero-order chi connectivity index (χ0) is 23.4. The molecule has 5 aliphatic rings. The van der Waals surface area contributed by atoms with Crippen LogP contribution < -0.4 is 9.47 Å². The second-order valence-electron chi connectivity index (χ2n) is 9.44. The normalized spacial score (nSPS) is 30.6. The van der Waals surface area contributed by atoms with Gasteiger partial charge in [-0.15, -0.1) is 0 Å². The highest BCUT2D eigenvalue weighted by Crippen LogP contribution is 2.65. The van der Waals surface area contributed by atoms with Gasteiger partial charge in [0.25, 0.3) is 11.8 Å². The molecule has 2 amide bonds. The lowest BCUT2D eigenvalue weighted by Gasteiger charge is -2.37. The van der Waals surface area contributed by atoms with Crippen molar-refractivity contribution in [3.63, 3.8) is 0 Å². The molecule has 2 aromatic carbocycles. The van der Waals surface area contributed by atoms with Gasteiger partial charge in [0.05, 0.1) is 24.7 Å². The predicted octanol–water partition coefficient (Wildman–Crippen LogP) is 4.81. The van der Waals surface area contributed by atoms with Crippen LogP contribution in [0.5, 0.6) is 11.5 Å². The Kier molecular flexibility index (Phi) is 5.32. The lowest BCUT2D eigenvalue weighted by molar-refractivity contribution is -0.140. The number of hydrogen-bond donors (Lipinski definition) is 0. The maximum Gasteiger partial charge on any atom is 0.254 e. The first kappa shape index (κ1) is 21.6. The summed E-state index contributed by atoms with van der Waals surface area (Å²) >= 11 is 3.44. The first-order chi connectivity index (χ1) is 16.5. The third-order valence-electron chi connectivity index (χ3n) is 7.54. The van der Waals surface area contributed by atoms with Crippen LogP contribution in [-0.2, 0) is 16.2 Å². The fraction of sp³-hybridized carbons (Fsp3) is 0.370. The van der Waals surface area contributed by atoms with Crippen molar-refractivity contribution in [3.05, 3.63) is 70.2 Å². The molecule has 0 spiro atoms. The molecule has 7 rings (SSSR count). The molecular formula is C27H25BrN2O4. The first-order valence-electron chi connectivity index (χ1n) is 11.8. The molecule has 174 valence electrons. The van der Waals surface area contributed by atoms with E-state index in [1.165, 1.54) is 0 Å². The molecule has 4 aliphatic carbocycles. The van der Waals surface area contributed by atoms with E-state index in [0.717, 1.165) is 27.0 Å². The molecule has 2 aromatic rings. The van der Waals surface area contributed by atoms with Crippen LogP contribution >= 0.6 is 15.9 Å². The van der Waals surface area contributed by atoms with E-state index in [4.69, 9.17) is 9.47 Å². The molecule has 6 nitrogen and oxygen atoms in total. The lowest BCUT2D eigenvalue weighted by atomic mass is 9.63. The molecule has 1 saturated heterocycles. The van der Waals surface area contributed by atoms with Gasteiger partial charge in [-0.05, 0) is 78.5 Å². The molecule has 1 heterocycles. The maximum absolute atomic E-state index is 13.1. The van der Waals surface area contributed by atoms with Gasteiger partial charge >= 0.3 is 0 Å². The van der Waals surface area contributed by atoms with Crippen molar-refractivity contribution in [2.24, 2.45) is 40.6 Å². The van der Waals surface area contributed by atoms with Crippen molar-refractivity contribution in [1.82, 2.24) is 5.01 Å². The minimum absolute atomic E-state index is 0.157. The van der Waals surface area contributed by atoms with Gasteiger partial charge in [0.15, 0.2) is 11.5 Å². The van der Waals surface area contributed by atoms with E-state index >= 15 is 0 Å². The third kappa shape index (κ3) is 3.57. The predicted molar refractivity (Wildman–Crippen MR) is 130 cm³/mol. The lowest BCUT2D eigenvalue weighted by Crippen LogP contribution is -2.40. The number of carbonyl (C=O) groups excluding carboxylic acids is 2. The van der Waals surface area contributed by atoms with Crippen LogP contribution in [0.2, 0.25) is 0 Å². The first-order valence-corrected chi connectivity index (χ1v) is 12.6. The van der Waals surface area contributed by atoms with Crippen molar-refractivity contribution in [2.45, 2.75) is 20.0 Å². The molecule has 7 heteroatoms. The second kappa shape index (κ2) is 8.38. The Labute approximate surface area is 206 Å². The number of hydrazone groups is 1. The molecule has 0 unspecified atom stereocenters.